The van der Waals surface area contributed by atoms with Gasteiger partial charge in [-0.2, -0.15) is 0 Å². The minimum absolute atomic E-state index is 0.0928. The van der Waals surface area contributed by atoms with Crippen LogP contribution in [-0.4, -0.2) is 37.3 Å². The summed E-state index contributed by atoms with van der Waals surface area (Å²) >= 11 is 0. The molecule has 0 aliphatic rings. The number of aliphatic hydroxyl groups is 1. The van der Waals surface area contributed by atoms with Crippen LogP contribution in [0.3, 0.4) is 0 Å². The van der Waals surface area contributed by atoms with Gasteiger partial charge in [0.2, 0.25) is 5.91 Å². The van der Waals surface area contributed by atoms with Crippen molar-refractivity contribution in [3.63, 3.8) is 0 Å². The standard InChI is InChI=1S/C10H22N2O2/c1-9(2)8-12-10(14)4-6-11-5-3-7-13/h9,11,13H,3-8H2,1-2H3,(H,12,14). The van der Waals surface area contributed by atoms with E-state index < -0.39 is 0 Å². The highest BCUT2D eigenvalue weighted by atomic mass is 16.3. The molecule has 84 valence electrons. The minimum Gasteiger partial charge on any atom is -0.396 e. The Kier molecular flexibility index (Phi) is 8.57. The Bertz CT molecular complexity index is 149. The van der Waals surface area contributed by atoms with Crippen molar-refractivity contribution in [3.05, 3.63) is 0 Å². The molecule has 0 bridgehead atoms. The van der Waals surface area contributed by atoms with Gasteiger partial charge in [0.05, 0.1) is 0 Å². The van der Waals surface area contributed by atoms with Gasteiger partial charge in [0.1, 0.15) is 0 Å². The zero-order valence-corrected chi connectivity index (χ0v) is 9.18. The average Bonchev–Trinajstić information content (AvgIpc) is 2.14. The third kappa shape index (κ3) is 9.48. The van der Waals surface area contributed by atoms with E-state index in [2.05, 4.69) is 24.5 Å². The lowest BCUT2D eigenvalue weighted by Crippen LogP contribution is -2.30. The Balaban J connectivity index is 3.18. The molecule has 3 N–H and O–H groups in total. The quantitative estimate of drug-likeness (QED) is 0.490. The maximum Gasteiger partial charge on any atom is 0.221 e. The summed E-state index contributed by atoms with van der Waals surface area (Å²) < 4.78 is 0. The van der Waals surface area contributed by atoms with Crippen molar-refractivity contribution < 1.29 is 9.90 Å². The van der Waals surface area contributed by atoms with Crippen LogP contribution in [0.1, 0.15) is 26.7 Å². The summed E-state index contributed by atoms with van der Waals surface area (Å²) in [6, 6.07) is 0. The highest BCUT2D eigenvalue weighted by Crippen LogP contribution is 1.87. The molecule has 0 aliphatic carbocycles. The monoisotopic (exact) mass is 202 g/mol. The van der Waals surface area contributed by atoms with Gasteiger partial charge < -0.3 is 15.7 Å². The molecule has 0 fully saturated rings. The van der Waals surface area contributed by atoms with Crippen molar-refractivity contribution in [3.8, 4) is 0 Å². The molecule has 0 heterocycles. The van der Waals surface area contributed by atoms with Crippen LogP contribution in [-0.2, 0) is 4.79 Å². The van der Waals surface area contributed by atoms with Crippen LogP contribution < -0.4 is 10.6 Å². The van der Waals surface area contributed by atoms with E-state index in [1.807, 2.05) is 0 Å². The highest BCUT2D eigenvalue weighted by Gasteiger charge is 2.00. The third-order valence-corrected chi connectivity index (χ3v) is 1.75. The van der Waals surface area contributed by atoms with E-state index in [1.54, 1.807) is 0 Å². The summed E-state index contributed by atoms with van der Waals surface area (Å²) in [5.41, 5.74) is 0. The Morgan fingerprint density at radius 1 is 1.36 bits per heavy atom. The molecule has 0 atom stereocenters. The molecule has 0 aromatic rings. The lowest BCUT2D eigenvalue weighted by atomic mass is 10.2. The summed E-state index contributed by atoms with van der Waals surface area (Å²) in [7, 11) is 0. The maximum atomic E-state index is 11.2. The van der Waals surface area contributed by atoms with Crippen LogP contribution in [0.2, 0.25) is 0 Å². The summed E-state index contributed by atoms with van der Waals surface area (Å²) in [6.07, 6.45) is 1.26. The summed E-state index contributed by atoms with van der Waals surface area (Å²) in [5, 5.41) is 14.4. The van der Waals surface area contributed by atoms with Gasteiger partial charge in [0.15, 0.2) is 0 Å². The number of carbonyl (C=O) groups is 1. The van der Waals surface area contributed by atoms with E-state index in [-0.39, 0.29) is 12.5 Å². The van der Waals surface area contributed by atoms with Gasteiger partial charge in [0.25, 0.3) is 0 Å². The fourth-order valence-corrected chi connectivity index (χ4v) is 0.937. The number of hydrogen-bond donors (Lipinski definition) is 3. The van der Waals surface area contributed by atoms with Crippen molar-refractivity contribution in [2.45, 2.75) is 26.7 Å². The normalized spacial score (nSPS) is 10.6. The minimum atomic E-state index is 0.0928. The van der Waals surface area contributed by atoms with E-state index >= 15 is 0 Å². The fraction of sp³-hybridized carbons (Fsp3) is 0.900. The maximum absolute atomic E-state index is 11.2. The van der Waals surface area contributed by atoms with Gasteiger partial charge in [-0.25, -0.2) is 0 Å². The summed E-state index contributed by atoms with van der Waals surface area (Å²) in [4.78, 5) is 11.2. The zero-order chi connectivity index (χ0) is 10.8. The first-order valence-electron chi connectivity index (χ1n) is 5.25. The Hall–Kier alpha value is -0.610. The molecule has 1 amide bonds. The smallest absolute Gasteiger partial charge is 0.221 e. The number of rotatable bonds is 8. The van der Waals surface area contributed by atoms with Crippen LogP contribution >= 0.6 is 0 Å². The molecule has 0 spiro atoms. The second kappa shape index (κ2) is 8.97. The number of carbonyl (C=O) groups excluding carboxylic acids is 1. The summed E-state index contributed by atoms with van der Waals surface area (Å²) in [6.45, 7) is 6.54. The van der Waals surface area contributed by atoms with Gasteiger partial charge in [0, 0.05) is 26.1 Å². The zero-order valence-electron chi connectivity index (χ0n) is 9.18. The predicted octanol–water partition coefficient (Wildman–Crippen LogP) is 0.121. The Labute approximate surface area is 86.1 Å². The fourth-order valence-electron chi connectivity index (χ4n) is 0.937. The second-order valence-electron chi connectivity index (χ2n) is 3.78. The first kappa shape index (κ1) is 13.4. The van der Waals surface area contributed by atoms with E-state index in [0.29, 0.717) is 18.9 Å². The molecule has 0 radical (unpaired) electrons. The van der Waals surface area contributed by atoms with Gasteiger partial charge in [-0.15, -0.1) is 0 Å². The van der Waals surface area contributed by atoms with Crippen LogP contribution in [0.4, 0.5) is 0 Å². The van der Waals surface area contributed by atoms with E-state index in [9.17, 15) is 4.79 Å². The number of amides is 1. The lowest BCUT2D eigenvalue weighted by Gasteiger charge is -2.07. The third-order valence-electron chi connectivity index (χ3n) is 1.75. The summed E-state index contributed by atoms with van der Waals surface area (Å²) in [5.74, 6) is 0.594. The van der Waals surface area contributed by atoms with Crippen LogP contribution in [0, 0.1) is 5.92 Å². The lowest BCUT2D eigenvalue weighted by molar-refractivity contribution is -0.121. The molecule has 4 nitrogen and oxygen atoms in total. The van der Waals surface area contributed by atoms with Gasteiger partial charge in [-0.05, 0) is 18.9 Å². The van der Waals surface area contributed by atoms with E-state index in [0.717, 1.165) is 19.5 Å². The largest absolute Gasteiger partial charge is 0.396 e. The van der Waals surface area contributed by atoms with Crippen LogP contribution in [0.5, 0.6) is 0 Å². The average molecular weight is 202 g/mol. The molecule has 0 saturated carbocycles. The number of nitrogens with one attached hydrogen (secondary N) is 2. The van der Waals surface area contributed by atoms with Crippen LogP contribution in [0.15, 0.2) is 0 Å². The molecule has 0 unspecified atom stereocenters. The molecule has 14 heavy (non-hydrogen) atoms. The molecule has 0 aromatic heterocycles. The molecule has 0 aromatic carbocycles. The second-order valence-corrected chi connectivity index (χ2v) is 3.78. The molecule has 0 aliphatic heterocycles. The molecule has 0 saturated heterocycles. The Morgan fingerprint density at radius 3 is 2.64 bits per heavy atom. The van der Waals surface area contributed by atoms with Gasteiger partial charge in [-0.3, -0.25) is 4.79 Å². The first-order valence-corrected chi connectivity index (χ1v) is 5.25. The van der Waals surface area contributed by atoms with Crippen molar-refractivity contribution >= 4 is 5.91 Å². The van der Waals surface area contributed by atoms with Gasteiger partial charge >= 0.3 is 0 Å². The molecule has 0 rings (SSSR count). The number of aliphatic hydroxyl groups excluding tert-OH is 1. The predicted molar refractivity (Wildman–Crippen MR) is 57.0 cm³/mol. The van der Waals surface area contributed by atoms with E-state index in [1.165, 1.54) is 0 Å². The van der Waals surface area contributed by atoms with Crippen LogP contribution in [0.25, 0.3) is 0 Å². The Morgan fingerprint density at radius 2 is 2.07 bits per heavy atom. The molecule has 4 heteroatoms. The first-order chi connectivity index (χ1) is 6.66. The van der Waals surface area contributed by atoms with Gasteiger partial charge in [-0.1, -0.05) is 13.8 Å². The molecular weight excluding hydrogens is 180 g/mol. The number of hydrogen-bond acceptors (Lipinski definition) is 3. The van der Waals surface area contributed by atoms with E-state index in [4.69, 9.17) is 5.11 Å². The van der Waals surface area contributed by atoms with Crippen molar-refractivity contribution in [2.24, 2.45) is 5.92 Å². The SMILES string of the molecule is CC(C)CNC(=O)CCNCCCO. The van der Waals surface area contributed by atoms with Crippen molar-refractivity contribution in [1.29, 1.82) is 0 Å². The highest BCUT2D eigenvalue weighted by molar-refractivity contribution is 5.76. The topological polar surface area (TPSA) is 61.4 Å². The molecular formula is C10H22N2O2. The van der Waals surface area contributed by atoms with Crippen molar-refractivity contribution in [1.82, 2.24) is 10.6 Å². The van der Waals surface area contributed by atoms with Crippen molar-refractivity contribution in [2.75, 3.05) is 26.2 Å².